The summed E-state index contributed by atoms with van der Waals surface area (Å²) in [6, 6.07) is 26.5. The molecule has 172 valence electrons. The molecule has 33 heavy (non-hydrogen) atoms. The van der Waals surface area contributed by atoms with Gasteiger partial charge >= 0.3 is 5.97 Å². The molecule has 6 nitrogen and oxygen atoms in total. The first-order chi connectivity index (χ1) is 16.1. The number of carbonyl (C=O) groups is 2. The molecule has 1 atom stereocenters. The van der Waals surface area contributed by atoms with Crippen LogP contribution < -0.4 is 10.1 Å². The summed E-state index contributed by atoms with van der Waals surface area (Å²) in [6.45, 7) is 2.59. The highest BCUT2D eigenvalue weighted by atomic mass is 16.6. The minimum Gasteiger partial charge on any atom is -0.425 e. The van der Waals surface area contributed by atoms with Gasteiger partial charge < -0.3 is 19.5 Å². The lowest BCUT2D eigenvalue weighted by atomic mass is 10.1. The van der Waals surface area contributed by atoms with Crippen molar-refractivity contribution in [1.29, 1.82) is 0 Å². The quantitative estimate of drug-likeness (QED) is 0.335. The molecule has 3 aromatic carbocycles. The number of carbonyl (C=O) groups excluding carboxylic acids is 2. The van der Waals surface area contributed by atoms with Crippen LogP contribution in [-0.2, 0) is 38.7 Å². The Morgan fingerprint density at radius 3 is 1.85 bits per heavy atom. The molecule has 0 fully saturated rings. The number of hydrogen-bond donors (Lipinski definition) is 1. The predicted octanol–water partition coefficient (Wildman–Crippen LogP) is 4.07. The Hall–Kier alpha value is -3.48. The average Bonchev–Trinajstić information content (AvgIpc) is 2.82. The molecule has 0 saturated carbocycles. The number of hydrogen-bond acceptors (Lipinski definition) is 5. The fourth-order valence-electron chi connectivity index (χ4n) is 3.24. The van der Waals surface area contributed by atoms with E-state index in [1.165, 1.54) is 0 Å². The largest absolute Gasteiger partial charge is 0.425 e. The van der Waals surface area contributed by atoms with Gasteiger partial charge in [-0.25, -0.2) is 4.79 Å². The van der Waals surface area contributed by atoms with Crippen LogP contribution in [0.3, 0.4) is 0 Å². The van der Waals surface area contributed by atoms with Crippen molar-refractivity contribution in [2.75, 3.05) is 13.2 Å². The molecule has 0 aliphatic rings. The molecule has 0 aromatic heterocycles. The van der Waals surface area contributed by atoms with Crippen LogP contribution in [0.2, 0.25) is 0 Å². The smallest absolute Gasteiger partial charge is 0.337 e. The van der Waals surface area contributed by atoms with E-state index in [-0.39, 0.29) is 25.2 Å². The fraction of sp³-hybridized carbons (Fsp3) is 0.259. The van der Waals surface area contributed by atoms with Crippen molar-refractivity contribution in [3.63, 3.8) is 0 Å². The molecule has 0 aliphatic heterocycles. The van der Waals surface area contributed by atoms with Gasteiger partial charge in [-0.2, -0.15) is 0 Å². The molecule has 1 amide bonds. The van der Waals surface area contributed by atoms with E-state index in [1.807, 2.05) is 79.7 Å². The Labute approximate surface area is 194 Å². The third-order valence-electron chi connectivity index (χ3n) is 4.78. The summed E-state index contributed by atoms with van der Waals surface area (Å²) in [5, 5.41) is 2.93. The van der Waals surface area contributed by atoms with E-state index in [2.05, 4.69) is 5.32 Å². The molecule has 0 spiro atoms. The van der Waals surface area contributed by atoms with Gasteiger partial charge in [0.15, 0.2) is 0 Å². The van der Waals surface area contributed by atoms with Crippen molar-refractivity contribution in [2.24, 2.45) is 0 Å². The SMILES string of the molecule is CC(Cc1ccc(OC(=O)COCc2ccccc2)cc1)NC(=O)COCc1ccccc1. The van der Waals surface area contributed by atoms with Crippen LogP contribution in [0.1, 0.15) is 23.6 Å². The summed E-state index contributed by atoms with van der Waals surface area (Å²) in [5.41, 5.74) is 3.05. The lowest BCUT2D eigenvalue weighted by Crippen LogP contribution is -2.36. The molecule has 6 heteroatoms. The van der Waals surface area contributed by atoms with Gasteiger partial charge in [0.05, 0.1) is 13.2 Å². The van der Waals surface area contributed by atoms with E-state index in [1.54, 1.807) is 12.1 Å². The molecule has 3 rings (SSSR count). The second-order valence-electron chi connectivity index (χ2n) is 7.75. The number of benzene rings is 3. The molecule has 1 N–H and O–H groups in total. The summed E-state index contributed by atoms with van der Waals surface area (Å²) >= 11 is 0. The van der Waals surface area contributed by atoms with Crippen molar-refractivity contribution in [3.05, 3.63) is 102 Å². The Kier molecular flexibility index (Phi) is 9.63. The Morgan fingerprint density at radius 2 is 1.27 bits per heavy atom. The van der Waals surface area contributed by atoms with Crippen LogP contribution in [-0.4, -0.2) is 31.1 Å². The Bertz CT molecular complexity index is 990. The topological polar surface area (TPSA) is 73.9 Å². The monoisotopic (exact) mass is 447 g/mol. The zero-order valence-corrected chi connectivity index (χ0v) is 18.7. The molecule has 0 heterocycles. The highest BCUT2D eigenvalue weighted by Crippen LogP contribution is 2.14. The predicted molar refractivity (Wildman–Crippen MR) is 126 cm³/mol. The zero-order valence-electron chi connectivity index (χ0n) is 18.7. The van der Waals surface area contributed by atoms with Gasteiger partial charge in [-0.3, -0.25) is 4.79 Å². The first kappa shape index (κ1) is 24.2. The molecule has 1 unspecified atom stereocenters. The van der Waals surface area contributed by atoms with E-state index in [9.17, 15) is 9.59 Å². The van der Waals surface area contributed by atoms with E-state index in [0.717, 1.165) is 16.7 Å². The molecule has 3 aromatic rings. The number of nitrogens with one attached hydrogen (secondary N) is 1. The summed E-state index contributed by atoms with van der Waals surface area (Å²) in [5.74, 6) is -0.146. The minimum absolute atomic E-state index is 0.0144. The highest BCUT2D eigenvalue weighted by Gasteiger charge is 2.10. The van der Waals surface area contributed by atoms with Gasteiger partial charge in [0.25, 0.3) is 0 Å². The van der Waals surface area contributed by atoms with E-state index in [0.29, 0.717) is 25.4 Å². The number of ether oxygens (including phenoxy) is 3. The van der Waals surface area contributed by atoms with Crippen LogP contribution in [0.25, 0.3) is 0 Å². The maximum Gasteiger partial charge on any atom is 0.337 e. The van der Waals surface area contributed by atoms with Gasteiger partial charge in [0.2, 0.25) is 5.91 Å². The van der Waals surface area contributed by atoms with E-state index < -0.39 is 5.97 Å². The van der Waals surface area contributed by atoms with Crippen molar-refractivity contribution < 1.29 is 23.8 Å². The van der Waals surface area contributed by atoms with Crippen LogP contribution in [0.4, 0.5) is 0 Å². The summed E-state index contributed by atoms with van der Waals surface area (Å²) in [7, 11) is 0. The first-order valence-electron chi connectivity index (χ1n) is 10.9. The number of esters is 1. The normalized spacial score (nSPS) is 11.5. The summed E-state index contributed by atoms with van der Waals surface area (Å²) in [6.07, 6.45) is 0.652. The summed E-state index contributed by atoms with van der Waals surface area (Å²) in [4.78, 5) is 24.0. The molecule has 0 aliphatic carbocycles. The second-order valence-corrected chi connectivity index (χ2v) is 7.75. The van der Waals surface area contributed by atoms with Crippen molar-refractivity contribution in [1.82, 2.24) is 5.32 Å². The van der Waals surface area contributed by atoms with E-state index >= 15 is 0 Å². The molecule has 0 bridgehead atoms. The number of amides is 1. The van der Waals surface area contributed by atoms with Crippen LogP contribution in [0, 0.1) is 0 Å². The third-order valence-corrected chi connectivity index (χ3v) is 4.78. The van der Waals surface area contributed by atoms with Gasteiger partial charge in [-0.15, -0.1) is 0 Å². The zero-order chi connectivity index (χ0) is 23.3. The Morgan fingerprint density at radius 1 is 0.727 bits per heavy atom. The second kappa shape index (κ2) is 13.2. The van der Waals surface area contributed by atoms with Crippen molar-refractivity contribution >= 4 is 11.9 Å². The van der Waals surface area contributed by atoms with Gasteiger partial charge in [0.1, 0.15) is 19.0 Å². The molecule has 0 saturated heterocycles. The maximum absolute atomic E-state index is 12.1. The fourth-order valence-corrected chi connectivity index (χ4v) is 3.24. The van der Waals surface area contributed by atoms with Crippen LogP contribution >= 0.6 is 0 Å². The average molecular weight is 448 g/mol. The summed E-state index contributed by atoms with van der Waals surface area (Å²) < 4.78 is 16.2. The molecular weight excluding hydrogens is 418 g/mol. The van der Waals surface area contributed by atoms with Crippen LogP contribution in [0.15, 0.2) is 84.9 Å². The van der Waals surface area contributed by atoms with Gasteiger partial charge in [-0.05, 0) is 42.2 Å². The standard InChI is InChI=1S/C27H29NO5/c1-21(28-26(29)19-31-17-23-8-4-2-5-9-23)16-22-12-14-25(15-13-22)33-27(30)20-32-18-24-10-6-3-7-11-24/h2-15,21H,16-20H2,1H3,(H,28,29). The van der Waals surface area contributed by atoms with Crippen LogP contribution in [0.5, 0.6) is 5.75 Å². The van der Waals surface area contributed by atoms with Crippen molar-refractivity contribution in [2.45, 2.75) is 32.6 Å². The van der Waals surface area contributed by atoms with E-state index in [4.69, 9.17) is 14.2 Å². The first-order valence-corrected chi connectivity index (χ1v) is 10.9. The lowest BCUT2D eigenvalue weighted by Gasteiger charge is -2.14. The third kappa shape index (κ3) is 9.27. The number of rotatable bonds is 12. The Balaban J connectivity index is 1.33. The van der Waals surface area contributed by atoms with Gasteiger partial charge in [-0.1, -0.05) is 72.8 Å². The molecule has 0 radical (unpaired) electrons. The van der Waals surface area contributed by atoms with Gasteiger partial charge in [0, 0.05) is 6.04 Å². The minimum atomic E-state index is -0.449. The highest BCUT2D eigenvalue weighted by molar-refractivity contribution is 5.77. The molecular formula is C27H29NO5. The lowest BCUT2D eigenvalue weighted by molar-refractivity contribution is -0.140. The van der Waals surface area contributed by atoms with Crippen molar-refractivity contribution in [3.8, 4) is 5.75 Å². The maximum atomic E-state index is 12.1.